The number of anilines is 2. The number of carbonyl (C=O) groups excluding carboxylic acids is 2. The number of rotatable bonds is 5. The van der Waals surface area contributed by atoms with E-state index in [9.17, 15) is 9.59 Å². The summed E-state index contributed by atoms with van der Waals surface area (Å²) in [7, 11) is 0. The zero-order valence-corrected chi connectivity index (χ0v) is 15.4. The lowest BCUT2D eigenvalue weighted by molar-refractivity contribution is -0.114. The lowest BCUT2D eigenvalue weighted by Crippen LogP contribution is -2.46. The van der Waals surface area contributed by atoms with Crippen molar-refractivity contribution >= 4 is 29.0 Å². The van der Waals surface area contributed by atoms with Crippen LogP contribution in [0.5, 0.6) is 0 Å². The number of para-hydroxylation sites is 2. The molecule has 0 aliphatic heterocycles. The Hall–Kier alpha value is -3.93. The normalized spacial score (nSPS) is 10.2. The van der Waals surface area contributed by atoms with Crippen LogP contribution in [-0.4, -0.2) is 17.6 Å². The van der Waals surface area contributed by atoms with Gasteiger partial charge in [0.2, 0.25) is 0 Å². The van der Waals surface area contributed by atoms with Crippen molar-refractivity contribution in [1.82, 2.24) is 0 Å². The van der Waals surface area contributed by atoms with E-state index in [0.717, 1.165) is 5.56 Å². The van der Waals surface area contributed by atoms with Gasteiger partial charge in [-0.3, -0.25) is 20.7 Å². The third kappa shape index (κ3) is 4.42. The first-order valence-electron chi connectivity index (χ1n) is 8.71. The minimum Gasteiger partial charge on any atom is -0.320 e. The van der Waals surface area contributed by atoms with E-state index in [-0.39, 0.29) is 17.6 Å². The average molecular weight is 373 g/mol. The third-order valence-electron chi connectivity index (χ3n) is 4.20. The number of nitrogens with two attached hydrogens (primary N) is 2. The molecule has 6 N–H and O–H groups in total. The zero-order chi connectivity index (χ0) is 20.1. The molecule has 0 fully saturated rings. The van der Waals surface area contributed by atoms with Gasteiger partial charge in [-0.2, -0.15) is 0 Å². The molecule has 0 aliphatic carbocycles. The Balaban J connectivity index is 1.79. The predicted molar refractivity (Wildman–Crippen MR) is 110 cm³/mol. The molecule has 28 heavy (non-hydrogen) atoms. The lowest BCUT2D eigenvalue weighted by atomic mass is 10.1. The first-order valence-corrected chi connectivity index (χ1v) is 8.71. The number of benzene rings is 3. The Morgan fingerprint density at radius 3 is 1.86 bits per heavy atom. The highest BCUT2D eigenvalue weighted by Crippen LogP contribution is 2.23. The molecule has 0 aliphatic rings. The molecule has 3 aromatic rings. The lowest BCUT2D eigenvalue weighted by Gasteiger charge is -2.12. The number of amidine groups is 1. The van der Waals surface area contributed by atoms with Gasteiger partial charge in [0.05, 0.1) is 16.9 Å². The van der Waals surface area contributed by atoms with E-state index < -0.39 is 0 Å². The van der Waals surface area contributed by atoms with Crippen LogP contribution in [0.1, 0.15) is 31.8 Å². The highest BCUT2D eigenvalue weighted by molar-refractivity contribution is 6.10. The summed E-state index contributed by atoms with van der Waals surface area (Å²) in [6.45, 7) is 1.96. The van der Waals surface area contributed by atoms with E-state index in [4.69, 9.17) is 11.1 Å². The molecule has 3 rings (SSSR count). The second-order valence-corrected chi connectivity index (χ2v) is 6.36. The Labute approximate surface area is 162 Å². The van der Waals surface area contributed by atoms with Crippen LogP contribution in [0.15, 0.2) is 72.8 Å². The van der Waals surface area contributed by atoms with Gasteiger partial charge in [-0.15, -0.1) is 0 Å². The van der Waals surface area contributed by atoms with Gasteiger partial charge in [-0.25, -0.2) is 0 Å². The van der Waals surface area contributed by atoms with Crippen LogP contribution in [0.25, 0.3) is 0 Å². The maximum atomic E-state index is 12.6. The Morgan fingerprint density at radius 1 is 0.750 bits per heavy atom. The van der Waals surface area contributed by atoms with Crippen LogP contribution < -0.4 is 21.8 Å². The molecule has 0 unspecified atom stereocenters. The van der Waals surface area contributed by atoms with Crippen molar-refractivity contribution in [2.24, 2.45) is 5.73 Å². The molecule has 0 saturated heterocycles. The molecule has 0 bridgehead atoms. The number of hydrogen-bond acceptors (Lipinski definition) is 2. The maximum absolute atomic E-state index is 12.6. The predicted octanol–water partition coefficient (Wildman–Crippen LogP) is 1.96. The molecule has 6 heteroatoms. The molecular weight excluding hydrogens is 352 g/mol. The van der Waals surface area contributed by atoms with Crippen molar-refractivity contribution in [2.45, 2.75) is 6.92 Å². The summed E-state index contributed by atoms with van der Waals surface area (Å²) in [4.78, 5) is 25.1. The quantitative estimate of drug-likeness (QED) is 0.405. The first-order chi connectivity index (χ1) is 13.4. The van der Waals surface area contributed by atoms with Crippen molar-refractivity contribution in [3.63, 3.8) is 0 Å². The standard InChI is InChI=1S/C22H20N4O2/c1-14-9-11-15(12-10-14)21(27)25-18-7-2-3-8-19(18)26-22(28)17-6-4-5-16(13-17)20(23)24/h2-13H,1H3,(H3,23,24)(H,25,27)(H,26,28)/p+1. The molecule has 0 heterocycles. The fraction of sp³-hybridized carbons (Fsp3) is 0.0455. The summed E-state index contributed by atoms with van der Waals surface area (Å²) < 4.78 is 0. The number of amides is 2. The number of carbonyl (C=O) groups is 2. The number of nitrogens with one attached hydrogen (secondary N) is 2. The molecule has 140 valence electrons. The van der Waals surface area contributed by atoms with E-state index in [1.807, 2.05) is 19.1 Å². The van der Waals surface area contributed by atoms with Crippen molar-refractivity contribution in [2.75, 3.05) is 10.6 Å². The minimum absolute atomic E-state index is 0.139. The van der Waals surface area contributed by atoms with Crippen molar-refractivity contribution in [3.8, 4) is 0 Å². The van der Waals surface area contributed by atoms with E-state index in [2.05, 4.69) is 10.6 Å². The zero-order valence-electron chi connectivity index (χ0n) is 15.4. The van der Waals surface area contributed by atoms with Crippen LogP contribution >= 0.6 is 0 Å². The molecule has 0 saturated carbocycles. The fourth-order valence-electron chi connectivity index (χ4n) is 2.64. The van der Waals surface area contributed by atoms with E-state index in [1.54, 1.807) is 60.7 Å². The molecule has 0 radical (unpaired) electrons. The first kappa shape index (κ1) is 18.8. The van der Waals surface area contributed by atoms with Crippen LogP contribution in [0.4, 0.5) is 11.4 Å². The molecule has 0 aromatic heterocycles. The third-order valence-corrected chi connectivity index (χ3v) is 4.20. The summed E-state index contributed by atoms with van der Waals surface area (Å²) >= 11 is 0. The summed E-state index contributed by atoms with van der Waals surface area (Å²) in [6, 6.07) is 21.0. The Morgan fingerprint density at radius 2 is 1.29 bits per heavy atom. The molecular formula is C22H21N4O2+. The highest BCUT2D eigenvalue weighted by atomic mass is 16.2. The molecule has 6 nitrogen and oxygen atoms in total. The average Bonchev–Trinajstić information content (AvgIpc) is 2.70. The van der Waals surface area contributed by atoms with Crippen molar-refractivity contribution in [3.05, 3.63) is 95.1 Å². The van der Waals surface area contributed by atoms with Crippen LogP contribution in [-0.2, 0) is 0 Å². The van der Waals surface area contributed by atoms with E-state index in [0.29, 0.717) is 28.1 Å². The van der Waals surface area contributed by atoms with Crippen molar-refractivity contribution < 1.29 is 15.0 Å². The topological polar surface area (TPSA) is 110 Å². The SMILES string of the molecule is Cc1ccc(C(=O)Nc2ccccc2NC(=O)c2cccc(C(N)=[NH2+])c2)cc1. The molecule has 0 spiro atoms. The summed E-state index contributed by atoms with van der Waals surface area (Å²) in [5.41, 5.74) is 9.18. The van der Waals surface area contributed by atoms with Gasteiger partial charge in [-0.05, 0) is 49.4 Å². The van der Waals surface area contributed by atoms with Gasteiger partial charge in [0.1, 0.15) is 0 Å². The second kappa shape index (κ2) is 8.18. The van der Waals surface area contributed by atoms with Gasteiger partial charge in [-0.1, -0.05) is 35.9 Å². The molecule has 0 atom stereocenters. The molecule has 3 aromatic carbocycles. The summed E-state index contributed by atoms with van der Waals surface area (Å²) in [5.74, 6) is -0.449. The second-order valence-electron chi connectivity index (χ2n) is 6.36. The van der Waals surface area contributed by atoms with Gasteiger partial charge >= 0.3 is 0 Å². The summed E-state index contributed by atoms with van der Waals surface area (Å²) in [5, 5.41) is 11.2. The van der Waals surface area contributed by atoms with Gasteiger partial charge in [0.25, 0.3) is 17.6 Å². The van der Waals surface area contributed by atoms with E-state index in [1.165, 1.54) is 0 Å². The monoisotopic (exact) mass is 373 g/mol. The van der Waals surface area contributed by atoms with Crippen LogP contribution in [0.3, 0.4) is 0 Å². The smallest absolute Gasteiger partial charge is 0.270 e. The molecule has 2 amide bonds. The fourth-order valence-corrected chi connectivity index (χ4v) is 2.64. The minimum atomic E-state index is -0.333. The number of aryl methyl sites for hydroxylation is 1. The Bertz CT molecular complexity index is 1040. The van der Waals surface area contributed by atoms with Gasteiger partial charge in [0.15, 0.2) is 0 Å². The van der Waals surface area contributed by atoms with Gasteiger partial charge in [0, 0.05) is 11.1 Å². The van der Waals surface area contributed by atoms with Crippen molar-refractivity contribution in [1.29, 1.82) is 0 Å². The van der Waals surface area contributed by atoms with E-state index >= 15 is 0 Å². The van der Waals surface area contributed by atoms with Gasteiger partial charge < -0.3 is 10.6 Å². The van der Waals surface area contributed by atoms with Crippen LogP contribution in [0, 0.1) is 6.92 Å². The maximum Gasteiger partial charge on any atom is 0.270 e. The largest absolute Gasteiger partial charge is 0.320 e. The Kier molecular flexibility index (Phi) is 5.50. The number of hydrogen-bond donors (Lipinski definition) is 4. The highest BCUT2D eigenvalue weighted by Gasteiger charge is 2.13. The van der Waals surface area contributed by atoms with Crippen LogP contribution in [0.2, 0.25) is 0 Å². The summed E-state index contributed by atoms with van der Waals surface area (Å²) in [6.07, 6.45) is 0.